The summed E-state index contributed by atoms with van der Waals surface area (Å²) in [5, 5.41) is 3.12. The zero-order valence-electron chi connectivity index (χ0n) is 10.8. The van der Waals surface area contributed by atoms with Crippen molar-refractivity contribution in [3.8, 4) is 0 Å². The molecule has 2 aromatic rings. The summed E-state index contributed by atoms with van der Waals surface area (Å²) in [6.45, 7) is 1.18. The highest BCUT2D eigenvalue weighted by atomic mass is 19.1. The molecular weight excluding hydrogens is 263 g/mol. The second kappa shape index (κ2) is 4.94. The molecule has 3 rings (SSSR count). The van der Waals surface area contributed by atoms with Gasteiger partial charge in [0.05, 0.1) is 0 Å². The Balaban J connectivity index is 1.96. The Morgan fingerprint density at radius 3 is 2.30 bits per heavy atom. The third kappa shape index (κ3) is 2.20. The van der Waals surface area contributed by atoms with Gasteiger partial charge in [-0.3, -0.25) is 0 Å². The largest absolute Gasteiger partial charge is 0.315 e. The lowest BCUT2D eigenvalue weighted by Crippen LogP contribution is -2.58. The second-order valence-corrected chi connectivity index (χ2v) is 5.28. The van der Waals surface area contributed by atoms with Crippen LogP contribution in [0.2, 0.25) is 0 Å². The van der Waals surface area contributed by atoms with Crippen molar-refractivity contribution >= 4 is 0 Å². The minimum absolute atomic E-state index is 0.281. The summed E-state index contributed by atoms with van der Waals surface area (Å²) in [7, 11) is 0. The molecule has 0 spiro atoms. The van der Waals surface area contributed by atoms with Gasteiger partial charge < -0.3 is 5.32 Å². The minimum Gasteiger partial charge on any atom is -0.315 e. The SMILES string of the molecule is Fc1ccc(CC2(c3ccccc3F)CNC2)c(F)c1. The van der Waals surface area contributed by atoms with E-state index < -0.39 is 17.0 Å². The fourth-order valence-electron chi connectivity index (χ4n) is 2.76. The molecule has 1 nitrogen and oxygen atoms in total. The van der Waals surface area contributed by atoms with Crippen molar-refractivity contribution in [3.63, 3.8) is 0 Å². The molecule has 0 saturated carbocycles. The van der Waals surface area contributed by atoms with E-state index in [-0.39, 0.29) is 5.82 Å². The first kappa shape index (κ1) is 13.2. The molecule has 1 N–H and O–H groups in total. The maximum absolute atomic E-state index is 14.0. The third-order valence-electron chi connectivity index (χ3n) is 3.92. The third-order valence-corrected chi connectivity index (χ3v) is 3.92. The van der Waals surface area contributed by atoms with Crippen LogP contribution in [-0.2, 0) is 11.8 Å². The quantitative estimate of drug-likeness (QED) is 0.908. The van der Waals surface area contributed by atoms with E-state index in [0.717, 1.165) is 6.07 Å². The summed E-state index contributed by atoms with van der Waals surface area (Å²) < 4.78 is 40.7. The number of rotatable bonds is 3. The maximum atomic E-state index is 14.0. The molecule has 0 unspecified atom stereocenters. The van der Waals surface area contributed by atoms with E-state index in [9.17, 15) is 13.2 Å². The Hall–Kier alpha value is -1.81. The Morgan fingerprint density at radius 2 is 1.70 bits per heavy atom. The van der Waals surface area contributed by atoms with Crippen LogP contribution < -0.4 is 5.32 Å². The second-order valence-electron chi connectivity index (χ2n) is 5.28. The van der Waals surface area contributed by atoms with Crippen molar-refractivity contribution in [2.24, 2.45) is 0 Å². The molecular formula is C16H14F3N. The molecule has 104 valence electrons. The van der Waals surface area contributed by atoms with Crippen molar-refractivity contribution in [3.05, 3.63) is 71.0 Å². The summed E-state index contributed by atoms with van der Waals surface area (Å²) in [5.41, 5.74) is 0.544. The summed E-state index contributed by atoms with van der Waals surface area (Å²) in [6, 6.07) is 10.1. The summed E-state index contributed by atoms with van der Waals surface area (Å²) in [6.07, 6.45) is 0.354. The van der Waals surface area contributed by atoms with Crippen LogP contribution in [0.1, 0.15) is 11.1 Å². The highest BCUT2D eigenvalue weighted by Crippen LogP contribution is 2.34. The molecule has 1 fully saturated rings. The summed E-state index contributed by atoms with van der Waals surface area (Å²) in [5.74, 6) is -1.46. The van der Waals surface area contributed by atoms with E-state index in [4.69, 9.17) is 0 Å². The molecule has 0 aromatic heterocycles. The normalized spacial score (nSPS) is 16.8. The number of hydrogen-bond donors (Lipinski definition) is 1. The Labute approximate surface area is 115 Å². The van der Waals surface area contributed by atoms with Crippen LogP contribution in [-0.4, -0.2) is 13.1 Å². The average Bonchev–Trinajstić information content (AvgIpc) is 2.37. The maximum Gasteiger partial charge on any atom is 0.129 e. The first-order valence-electron chi connectivity index (χ1n) is 6.50. The standard InChI is InChI=1S/C16H14F3N/c17-12-6-5-11(15(19)7-12)8-16(9-20-10-16)13-3-1-2-4-14(13)18/h1-7,20H,8-10H2. The fourth-order valence-corrected chi connectivity index (χ4v) is 2.76. The van der Waals surface area contributed by atoms with Gasteiger partial charge in [-0.25, -0.2) is 13.2 Å². The van der Waals surface area contributed by atoms with E-state index in [0.29, 0.717) is 30.6 Å². The van der Waals surface area contributed by atoms with Crippen LogP contribution in [0.15, 0.2) is 42.5 Å². The monoisotopic (exact) mass is 277 g/mol. The predicted molar refractivity (Wildman–Crippen MR) is 71.0 cm³/mol. The summed E-state index contributed by atoms with van der Waals surface area (Å²) in [4.78, 5) is 0. The zero-order chi connectivity index (χ0) is 14.2. The van der Waals surface area contributed by atoms with Gasteiger partial charge in [0.25, 0.3) is 0 Å². The Kier molecular flexibility index (Phi) is 3.26. The lowest BCUT2D eigenvalue weighted by atomic mass is 9.70. The van der Waals surface area contributed by atoms with E-state index >= 15 is 0 Å². The summed E-state index contributed by atoms with van der Waals surface area (Å²) >= 11 is 0. The zero-order valence-corrected chi connectivity index (χ0v) is 10.8. The fraction of sp³-hybridized carbons (Fsp3) is 0.250. The van der Waals surface area contributed by atoms with Gasteiger partial charge in [0.15, 0.2) is 0 Å². The molecule has 1 aliphatic rings. The van der Waals surface area contributed by atoms with Gasteiger partial charge in [-0.2, -0.15) is 0 Å². The molecule has 0 radical (unpaired) electrons. The first-order chi connectivity index (χ1) is 9.61. The van der Waals surface area contributed by atoms with Crippen molar-refractivity contribution in [2.75, 3.05) is 13.1 Å². The van der Waals surface area contributed by atoms with E-state index in [2.05, 4.69) is 5.32 Å². The molecule has 20 heavy (non-hydrogen) atoms. The first-order valence-corrected chi connectivity index (χ1v) is 6.50. The molecule has 1 heterocycles. The molecule has 4 heteroatoms. The lowest BCUT2D eigenvalue weighted by molar-refractivity contribution is 0.263. The minimum atomic E-state index is -0.599. The smallest absolute Gasteiger partial charge is 0.129 e. The number of benzene rings is 2. The van der Waals surface area contributed by atoms with Gasteiger partial charge in [0, 0.05) is 24.6 Å². The van der Waals surface area contributed by atoms with E-state index in [1.165, 1.54) is 18.2 Å². The highest BCUT2D eigenvalue weighted by molar-refractivity contribution is 5.35. The van der Waals surface area contributed by atoms with Gasteiger partial charge in [-0.05, 0) is 29.7 Å². The molecule has 0 amide bonds. The van der Waals surface area contributed by atoms with Crippen molar-refractivity contribution in [2.45, 2.75) is 11.8 Å². The predicted octanol–water partition coefficient (Wildman–Crippen LogP) is 3.19. The van der Waals surface area contributed by atoms with Crippen LogP contribution in [0.5, 0.6) is 0 Å². The average molecular weight is 277 g/mol. The van der Waals surface area contributed by atoms with Crippen LogP contribution in [0.4, 0.5) is 13.2 Å². The Morgan fingerprint density at radius 1 is 0.950 bits per heavy atom. The molecule has 1 aliphatic heterocycles. The van der Waals surface area contributed by atoms with Gasteiger partial charge >= 0.3 is 0 Å². The topological polar surface area (TPSA) is 12.0 Å². The lowest BCUT2D eigenvalue weighted by Gasteiger charge is -2.43. The van der Waals surface area contributed by atoms with Gasteiger partial charge in [-0.15, -0.1) is 0 Å². The highest BCUT2D eigenvalue weighted by Gasteiger charge is 2.41. The van der Waals surface area contributed by atoms with E-state index in [1.54, 1.807) is 18.2 Å². The van der Waals surface area contributed by atoms with Crippen molar-refractivity contribution in [1.29, 1.82) is 0 Å². The molecule has 0 atom stereocenters. The van der Waals surface area contributed by atoms with Crippen LogP contribution >= 0.6 is 0 Å². The van der Waals surface area contributed by atoms with Gasteiger partial charge in [-0.1, -0.05) is 24.3 Å². The van der Waals surface area contributed by atoms with Gasteiger partial charge in [0.2, 0.25) is 0 Å². The van der Waals surface area contributed by atoms with Gasteiger partial charge in [0.1, 0.15) is 17.5 Å². The number of halogens is 3. The number of hydrogen-bond acceptors (Lipinski definition) is 1. The molecule has 0 aliphatic carbocycles. The van der Waals surface area contributed by atoms with Crippen LogP contribution in [0.25, 0.3) is 0 Å². The molecule has 2 aromatic carbocycles. The van der Waals surface area contributed by atoms with Crippen LogP contribution in [0.3, 0.4) is 0 Å². The van der Waals surface area contributed by atoms with Crippen molar-refractivity contribution < 1.29 is 13.2 Å². The van der Waals surface area contributed by atoms with Crippen LogP contribution in [0, 0.1) is 17.5 Å². The van der Waals surface area contributed by atoms with E-state index in [1.807, 2.05) is 0 Å². The number of nitrogens with one attached hydrogen (secondary N) is 1. The Bertz CT molecular complexity index is 635. The molecule has 0 bridgehead atoms. The molecule has 1 saturated heterocycles. The van der Waals surface area contributed by atoms with Crippen molar-refractivity contribution in [1.82, 2.24) is 5.32 Å².